The first kappa shape index (κ1) is 14.5. The van der Waals surface area contributed by atoms with Crippen LogP contribution in [0.3, 0.4) is 0 Å². The number of carboxylic acids is 1. The van der Waals surface area contributed by atoms with Crippen LogP contribution in [0.25, 0.3) is 0 Å². The van der Waals surface area contributed by atoms with E-state index in [4.69, 9.17) is 10.4 Å². The molecule has 1 rings (SSSR count). The molecule has 0 atom stereocenters. The molecule has 1 amide bonds. The van der Waals surface area contributed by atoms with E-state index in [0.717, 1.165) is 25.7 Å². The monoisotopic (exact) mass is 253 g/mol. The summed E-state index contributed by atoms with van der Waals surface area (Å²) < 4.78 is 0. The third kappa shape index (κ3) is 5.15. The number of hydrogen-bond acceptors (Lipinski definition) is 4. The van der Waals surface area contributed by atoms with E-state index in [1.807, 2.05) is 6.07 Å². The van der Waals surface area contributed by atoms with Crippen molar-refractivity contribution < 1.29 is 14.7 Å². The molecule has 0 saturated heterocycles. The molecule has 0 aromatic heterocycles. The van der Waals surface area contributed by atoms with Crippen LogP contribution in [-0.2, 0) is 9.59 Å². The van der Waals surface area contributed by atoms with Gasteiger partial charge in [-0.15, -0.1) is 0 Å². The Morgan fingerprint density at radius 2 is 2.00 bits per heavy atom. The van der Waals surface area contributed by atoms with E-state index in [9.17, 15) is 9.59 Å². The lowest BCUT2D eigenvalue weighted by atomic mass is 10.2. The second kappa shape index (κ2) is 7.67. The van der Waals surface area contributed by atoms with E-state index < -0.39 is 5.97 Å². The Morgan fingerprint density at radius 1 is 1.33 bits per heavy atom. The number of hydrogen-bond donors (Lipinski definition) is 2. The van der Waals surface area contributed by atoms with Gasteiger partial charge in [-0.05, 0) is 12.8 Å². The Bertz CT molecular complexity index is 332. The number of nitrogens with one attached hydrogen (secondary N) is 1. The number of carboxylic acid groups (broad SMARTS) is 1. The maximum atomic E-state index is 11.6. The minimum absolute atomic E-state index is 0.0996. The summed E-state index contributed by atoms with van der Waals surface area (Å²) in [5.41, 5.74) is 0. The maximum absolute atomic E-state index is 11.6. The highest BCUT2D eigenvalue weighted by Gasteiger charge is 2.25. The summed E-state index contributed by atoms with van der Waals surface area (Å²) in [7, 11) is 0. The molecule has 1 aliphatic carbocycles. The molecule has 0 aromatic rings. The van der Waals surface area contributed by atoms with E-state index in [-0.39, 0.29) is 31.5 Å². The van der Waals surface area contributed by atoms with Crippen LogP contribution < -0.4 is 5.32 Å². The van der Waals surface area contributed by atoms with Crippen LogP contribution in [-0.4, -0.2) is 47.6 Å². The Kier molecular flexibility index (Phi) is 6.15. The van der Waals surface area contributed by atoms with Crippen LogP contribution in [0.5, 0.6) is 0 Å². The molecule has 6 nitrogen and oxygen atoms in total. The van der Waals surface area contributed by atoms with Gasteiger partial charge in [0, 0.05) is 12.6 Å². The van der Waals surface area contributed by atoms with Gasteiger partial charge in [0.1, 0.15) is 0 Å². The van der Waals surface area contributed by atoms with Gasteiger partial charge in [0.05, 0.1) is 25.6 Å². The lowest BCUT2D eigenvalue weighted by molar-refractivity contribution is -0.139. The molecule has 0 bridgehead atoms. The summed E-state index contributed by atoms with van der Waals surface area (Å²) in [6.45, 7) is 0.319. The molecule has 1 saturated carbocycles. The predicted molar refractivity (Wildman–Crippen MR) is 64.7 cm³/mol. The van der Waals surface area contributed by atoms with Crippen molar-refractivity contribution in [2.24, 2.45) is 0 Å². The van der Waals surface area contributed by atoms with Gasteiger partial charge >= 0.3 is 5.97 Å². The van der Waals surface area contributed by atoms with Crippen LogP contribution in [0.15, 0.2) is 0 Å². The lowest BCUT2D eigenvalue weighted by Gasteiger charge is -2.26. The van der Waals surface area contributed by atoms with Crippen molar-refractivity contribution in [3.63, 3.8) is 0 Å². The number of amides is 1. The highest BCUT2D eigenvalue weighted by Crippen LogP contribution is 2.22. The molecule has 2 N–H and O–H groups in total. The molecule has 18 heavy (non-hydrogen) atoms. The summed E-state index contributed by atoms with van der Waals surface area (Å²) in [6, 6.07) is 2.14. The van der Waals surface area contributed by atoms with Gasteiger partial charge in [0.25, 0.3) is 0 Å². The van der Waals surface area contributed by atoms with Gasteiger partial charge in [0.2, 0.25) is 5.91 Å². The molecule has 1 aliphatic rings. The van der Waals surface area contributed by atoms with Crippen LogP contribution >= 0.6 is 0 Å². The van der Waals surface area contributed by atoms with Crippen molar-refractivity contribution in [3.8, 4) is 6.07 Å². The topological polar surface area (TPSA) is 93.4 Å². The zero-order chi connectivity index (χ0) is 13.4. The third-order valence-electron chi connectivity index (χ3n) is 3.09. The summed E-state index contributed by atoms with van der Waals surface area (Å²) in [4.78, 5) is 24.1. The standard InChI is InChI=1S/C12H19N3O3/c13-6-3-7-14-11(16)8-15(9-12(17)18)10-4-1-2-5-10/h10H,1-5,7-9H2,(H,14,16)(H,17,18). The molecular weight excluding hydrogens is 234 g/mol. The van der Waals surface area contributed by atoms with Crippen molar-refractivity contribution in [2.45, 2.75) is 38.1 Å². The van der Waals surface area contributed by atoms with Crippen molar-refractivity contribution in [1.82, 2.24) is 10.2 Å². The molecular formula is C12H19N3O3. The van der Waals surface area contributed by atoms with Crippen molar-refractivity contribution >= 4 is 11.9 Å². The smallest absolute Gasteiger partial charge is 0.317 e. The fourth-order valence-electron chi connectivity index (χ4n) is 2.26. The SMILES string of the molecule is N#CCCNC(=O)CN(CC(=O)O)C1CCCC1. The second-order valence-corrected chi connectivity index (χ2v) is 4.50. The summed E-state index contributed by atoms with van der Waals surface area (Å²) in [5, 5.41) is 19.8. The van der Waals surface area contributed by atoms with E-state index in [1.54, 1.807) is 4.90 Å². The van der Waals surface area contributed by atoms with Crippen molar-refractivity contribution in [1.29, 1.82) is 5.26 Å². The Hall–Kier alpha value is -1.61. The van der Waals surface area contributed by atoms with E-state index in [2.05, 4.69) is 5.32 Å². The first-order valence-corrected chi connectivity index (χ1v) is 6.23. The minimum atomic E-state index is -0.910. The Morgan fingerprint density at radius 3 is 2.56 bits per heavy atom. The van der Waals surface area contributed by atoms with Crippen LogP contribution in [0.1, 0.15) is 32.1 Å². The van der Waals surface area contributed by atoms with Gasteiger partial charge in [-0.1, -0.05) is 12.8 Å². The molecule has 100 valence electrons. The number of nitrogens with zero attached hydrogens (tertiary/aromatic N) is 2. The number of carbonyl (C=O) groups is 2. The molecule has 1 fully saturated rings. The zero-order valence-electron chi connectivity index (χ0n) is 10.4. The summed E-state index contributed by atoms with van der Waals surface area (Å²) in [6.07, 6.45) is 4.37. The average molecular weight is 253 g/mol. The molecule has 6 heteroatoms. The van der Waals surface area contributed by atoms with Crippen LogP contribution in [0, 0.1) is 11.3 Å². The quantitative estimate of drug-likeness (QED) is 0.638. The van der Waals surface area contributed by atoms with Gasteiger partial charge in [-0.3, -0.25) is 14.5 Å². The highest BCUT2D eigenvalue weighted by molar-refractivity contribution is 5.79. The van der Waals surface area contributed by atoms with Crippen LogP contribution in [0.2, 0.25) is 0 Å². The molecule has 0 radical (unpaired) electrons. The molecule has 0 heterocycles. The van der Waals surface area contributed by atoms with Gasteiger partial charge in [0.15, 0.2) is 0 Å². The largest absolute Gasteiger partial charge is 0.480 e. The maximum Gasteiger partial charge on any atom is 0.317 e. The van der Waals surface area contributed by atoms with E-state index >= 15 is 0 Å². The van der Waals surface area contributed by atoms with E-state index in [0.29, 0.717) is 6.54 Å². The lowest BCUT2D eigenvalue weighted by Crippen LogP contribution is -2.44. The first-order valence-electron chi connectivity index (χ1n) is 6.23. The summed E-state index contributed by atoms with van der Waals surface area (Å²) in [5.74, 6) is -1.12. The molecule has 0 spiro atoms. The van der Waals surface area contributed by atoms with Crippen LogP contribution in [0.4, 0.5) is 0 Å². The number of aliphatic carboxylic acids is 1. The summed E-state index contributed by atoms with van der Waals surface area (Å²) >= 11 is 0. The number of carbonyl (C=O) groups excluding carboxylic acids is 1. The molecule has 0 aliphatic heterocycles. The average Bonchev–Trinajstić information content (AvgIpc) is 2.81. The molecule has 0 aromatic carbocycles. The fraction of sp³-hybridized carbons (Fsp3) is 0.750. The number of nitriles is 1. The second-order valence-electron chi connectivity index (χ2n) is 4.50. The predicted octanol–water partition coefficient (Wildman–Crippen LogP) is 0.345. The van der Waals surface area contributed by atoms with Gasteiger partial charge < -0.3 is 10.4 Å². The zero-order valence-corrected chi connectivity index (χ0v) is 10.4. The number of rotatable bonds is 7. The van der Waals surface area contributed by atoms with E-state index in [1.165, 1.54) is 0 Å². The van der Waals surface area contributed by atoms with Gasteiger partial charge in [-0.2, -0.15) is 5.26 Å². The molecule has 0 unspecified atom stereocenters. The highest BCUT2D eigenvalue weighted by atomic mass is 16.4. The van der Waals surface area contributed by atoms with Crippen molar-refractivity contribution in [2.75, 3.05) is 19.6 Å². The fourth-order valence-corrected chi connectivity index (χ4v) is 2.26. The normalized spacial score (nSPS) is 15.6. The third-order valence-corrected chi connectivity index (χ3v) is 3.09. The van der Waals surface area contributed by atoms with Crippen molar-refractivity contribution in [3.05, 3.63) is 0 Å². The first-order chi connectivity index (χ1) is 8.63. The Balaban J connectivity index is 2.42. The Labute approximate surface area is 107 Å². The minimum Gasteiger partial charge on any atom is -0.480 e. The van der Waals surface area contributed by atoms with Gasteiger partial charge in [-0.25, -0.2) is 0 Å².